The molecule has 0 unspecified atom stereocenters. The number of nitrogens with zero attached hydrogens (tertiary/aromatic N) is 1. The number of nitriles is 1. The Morgan fingerprint density at radius 2 is 2.11 bits per heavy atom. The number of benzene rings is 1. The van der Waals surface area contributed by atoms with Gasteiger partial charge in [-0.3, -0.25) is 4.79 Å². The molecule has 0 amide bonds. The van der Waals surface area contributed by atoms with Crippen LogP contribution in [0.25, 0.3) is 0 Å². The summed E-state index contributed by atoms with van der Waals surface area (Å²) in [4.78, 5) is 11.0. The van der Waals surface area contributed by atoms with Crippen LogP contribution in [0.3, 0.4) is 0 Å². The maximum atomic E-state index is 11.7. The number of hydrogen-bond donors (Lipinski definition) is 0. The Kier molecular flexibility index (Phi) is 4.45. The van der Waals surface area contributed by atoms with Crippen LogP contribution in [0.4, 0.5) is 0 Å². The second kappa shape index (κ2) is 5.65. The minimum absolute atomic E-state index is 0.236. The Morgan fingerprint density at radius 1 is 1.44 bits per heavy atom. The fraction of sp³-hybridized carbons (Fsp3) is 0.333. The van der Waals surface area contributed by atoms with E-state index in [9.17, 15) is 13.2 Å². The summed E-state index contributed by atoms with van der Waals surface area (Å²) in [7, 11) is -2.40. The van der Waals surface area contributed by atoms with Crippen molar-refractivity contribution in [1.82, 2.24) is 0 Å². The summed E-state index contributed by atoms with van der Waals surface area (Å²) in [5.41, 5.74) is 1.77. The zero-order valence-electron chi connectivity index (χ0n) is 10.1. The van der Waals surface area contributed by atoms with E-state index in [-0.39, 0.29) is 5.75 Å². The van der Waals surface area contributed by atoms with Crippen LogP contribution in [-0.4, -0.2) is 27.2 Å². The van der Waals surface area contributed by atoms with Gasteiger partial charge in [-0.15, -0.1) is 0 Å². The minimum Gasteiger partial charge on any atom is -0.468 e. The first kappa shape index (κ1) is 14.2. The van der Waals surface area contributed by atoms with Crippen molar-refractivity contribution in [3.05, 3.63) is 34.9 Å². The van der Waals surface area contributed by atoms with E-state index in [4.69, 9.17) is 5.26 Å². The average Bonchev–Trinajstić information content (AvgIpc) is 2.30. The normalized spacial score (nSPS) is 10.7. The molecule has 0 radical (unpaired) electrons. The van der Waals surface area contributed by atoms with Crippen LogP contribution in [0.2, 0.25) is 0 Å². The van der Waals surface area contributed by atoms with Gasteiger partial charge in [0.05, 0.1) is 24.5 Å². The average molecular weight is 267 g/mol. The zero-order valence-corrected chi connectivity index (χ0v) is 11.0. The number of carbonyl (C=O) groups excluding carboxylic acids is 1. The first-order valence-electron chi connectivity index (χ1n) is 5.15. The van der Waals surface area contributed by atoms with Crippen LogP contribution in [0.15, 0.2) is 18.2 Å². The summed E-state index contributed by atoms with van der Waals surface area (Å²) in [5, 5.41) is 8.71. The summed E-state index contributed by atoms with van der Waals surface area (Å²) in [5.74, 6) is -1.65. The molecule has 6 heteroatoms. The lowest BCUT2D eigenvalue weighted by Gasteiger charge is -2.06. The number of hydrogen-bond acceptors (Lipinski definition) is 5. The summed E-state index contributed by atoms with van der Waals surface area (Å²) in [6.07, 6.45) is 0. The van der Waals surface area contributed by atoms with E-state index < -0.39 is 21.6 Å². The van der Waals surface area contributed by atoms with E-state index in [2.05, 4.69) is 4.74 Å². The lowest BCUT2D eigenvalue weighted by Crippen LogP contribution is -2.19. The van der Waals surface area contributed by atoms with Crippen LogP contribution >= 0.6 is 0 Å². The molecule has 0 aliphatic carbocycles. The molecular formula is C12H13NO4S. The number of rotatable bonds is 4. The number of ether oxygens (including phenoxy) is 1. The van der Waals surface area contributed by atoms with Crippen molar-refractivity contribution in [2.45, 2.75) is 12.7 Å². The highest BCUT2D eigenvalue weighted by Gasteiger charge is 2.18. The Morgan fingerprint density at radius 3 is 2.61 bits per heavy atom. The molecular weight excluding hydrogens is 254 g/mol. The van der Waals surface area contributed by atoms with E-state index >= 15 is 0 Å². The maximum Gasteiger partial charge on any atom is 0.320 e. The number of carbonyl (C=O) groups is 1. The van der Waals surface area contributed by atoms with Crippen LogP contribution in [0, 0.1) is 18.3 Å². The first-order valence-corrected chi connectivity index (χ1v) is 6.97. The summed E-state index contributed by atoms with van der Waals surface area (Å²) < 4.78 is 27.7. The highest BCUT2D eigenvalue weighted by molar-refractivity contribution is 7.91. The fourth-order valence-corrected chi connectivity index (χ4v) is 2.83. The molecule has 0 saturated carbocycles. The summed E-state index contributed by atoms with van der Waals surface area (Å²) >= 11 is 0. The second-order valence-electron chi connectivity index (χ2n) is 3.86. The van der Waals surface area contributed by atoms with Gasteiger partial charge >= 0.3 is 5.97 Å². The van der Waals surface area contributed by atoms with Gasteiger partial charge in [0, 0.05) is 0 Å². The molecule has 0 spiro atoms. The standard InChI is InChI=1S/C12H13NO4S/c1-9-5-10(6-13)3-4-11(9)7-18(15,16)8-12(14)17-2/h3-5H,7-8H2,1-2H3. The van der Waals surface area contributed by atoms with Crippen molar-refractivity contribution in [3.8, 4) is 6.07 Å². The van der Waals surface area contributed by atoms with Gasteiger partial charge in [0.1, 0.15) is 5.75 Å². The molecule has 1 aromatic rings. The van der Waals surface area contributed by atoms with E-state index in [1.807, 2.05) is 6.07 Å². The molecule has 0 bridgehead atoms. The van der Waals surface area contributed by atoms with Crippen molar-refractivity contribution in [3.63, 3.8) is 0 Å². The molecule has 0 saturated heterocycles. The van der Waals surface area contributed by atoms with Gasteiger partial charge in [-0.05, 0) is 30.2 Å². The Labute approximate surface area is 106 Å². The summed E-state index contributed by atoms with van der Waals surface area (Å²) in [6, 6.07) is 6.73. The van der Waals surface area contributed by atoms with Gasteiger partial charge in [0.15, 0.2) is 9.84 Å². The molecule has 96 valence electrons. The van der Waals surface area contributed by atoms with Crippen molar-refractivity contribution in [2.24, 2.45) is 0 Å². The first-order chi connectivity index (χ1) is 8.38. The fourth-order valence-electron chi connectivity index (χ4n) is 1.45. The topological polar surface area (TPSA) is 84.2 Å². The number of methoxy groups -OCH3 is 1. The molecule has 5 nitrogen and oxygen atoms in total. The molecule has 0 atom stereocenters. The van der Waals surface area contributed by atoms with Gasteiger partial charge in [-0.25, -0.2) is 8.42 Å². The Bertz CT molecular complexity index is 599. The molecule has 1 rings (SSSR count). The van der Waals surface area contributed by atoms with E-state index in [0.717, 1.165) is 7.11 Å². The third-order valence-corrected chi connectivity index (χ3v) is 3.84. The Balaban J connectivity index is 2.92. The Hall–Kier alpha value is -1.87. The van der Waals surface area contributed by atoms with Crippen LogP contribution in [-0.2, 0) is 25.1 Å². The SMILES string of the molecule is COC(=O)CS(=O)(=O)Cc1ccc(C#N)cc1C. The van der Waals surface area contributed by atoms with E-state index in [1.165, 1.54) is 0 Å². The molecule has 1 aromatic carbocycles. The monoisotopic (exact) mass is 267 g/mol. The van der Waals surface area contributed by atoms with Gasteiger partial charge in [0.25, 0.3) is 0 Å². The smallest absolute Gasteiger partial charge is 0.320 e. The molecule has 0 fully saturated rings. The van der Waals surface area contributed by atoms with Gasteiger partial charge < -0.3 is 4.74 Å². The quantitative estimate of drug-likeness (QED) is 0.758. The molecule has 0 aromatic heterocycles. The molecule has 0 N–H and O–H groups in total. The van der Waals surface area contributed by atoms with Gasteiger partial charge in [0.2, 0.25) is 0 Å². The number of aryl methyl sites for hydroxylation is 1. The third kappa shape index (κ3) is 3.86. The summed E-state index contributed by atoms with van der Waals surface area (Å²) in [6.45, 7) is 1.73. The highest BCUT2D eigenvalue weighted by atomic mass is 32.2. The molecule has 0 aliphatic heterocycles. The molecule has 0 heterocycles. The van der Waals surface area contributed by atoms with E-state index in [1.54, 1.807) is 25.1 Å². The zero-order chi connectivity index (χ0) is 13.8. The van der Waals surface area contributed by atoms with Gasteiger partial charge in [-0.1, -0.05) is 6.07 Å². The minimum atomic E-state index is -3.55. The maximum absolute atomic E-state index is 11.7. The largest absolute Gasteiger partial charge is 0.468 e. The predicted molar refractivity (Wildman–Crippen MR) is 65.4 cm³/mol. The predicted octanol–water partition coefficient (Wildman–Crippen LogP) is 0.955. The van der Waals surface area contributed by atoms with Crippen molar-refractivity contribution in [1.29, 1.82) is 5.26 Å². The van der Waals surface area contributed by atoms with Gasteiger partial charge in [-0.2, -0.15) is 5.26 Å². The molecule has 18 heavy (non-hydrogen) atoms. The number of esters is 1. The molecule has 0 aliphatic rings. The van der Waals surface area contributed by atoms with E-state index in [0.29, 0.717) is 16.7 Å². The van der Waals surface area contributed by atoms with Crippen LogP contribution in [0.5, 0.6) is 0 Å². The van der Waals surface area contributed by atoms with Crippen molar-refractivity contribution in [2.75, 3.05) is 12.9 Å². The lowest BCUT2D eigenvalue weighted by molar-refractivity contribution is -0.137. The lowest BCUT2D eigenvalue weighted by atomic mass is 10.1. The van der Waals surface area contributed by atoms with Crippen LogP contribution in [0.1, 0.15) is 16.7 Å². The second-order valence-corrected chi connectivity index (χ2v) is 5.93. The van der Waals surface area contributed by atoms with Crippen LogP contribution < -0.4 is 0 Å². The number of sulfone groups is 1. The van der Waals surface area contributed by atoms with Crippen molar-refractivity contribution < 1.29 is 17.9 Å². The van der Waals surface area contributed by atoms with Crippen molar-refractivity contribution >= 4 is 15.8 Å². The highest BCUT2D eigenvalue weighted by Crippen LogP contribution is 2.14. The third-order valence-electron chi connectivity index (χ3n) is 2.41.